The van der Waals surface area contributed by atoms with Gasteiger partial charge in [-0.25, -0.2) is 0 Å². The molecule has 2 rings (SSSR count). The van der Waals surface area contributed by atoms with Crippen LogP contribution in [0.5, 0.6) is 0 Å². The van der Waals surface area contributed by atoms with Crippen molar-refractivity contribution >= 4 is 5.91 Å². The lowest BCUT2D eigenvalue weighted by molar-refractivity contribution is -0.122. The lowest BCUT2D eigenvalue weighted by atomic mass is 10.0. The van der Waals surface area contributed by atoms with E-state index in [9.17, 15) is 4.79 Å². The normalized spacial score (nSPS) is 21.0. The number of benzene rings is 1. The first-order chi connectivity index (χ1) is 10.1. The van der Waals surface area contributed by atoms with Gasteiger partial charge in [0.05, 0.1) is 0 Å². The molecule has 4 nitrogen and oxygen atoms in total. The third-order valence-electron chi connectivity index (χ3n) is 3.95. The second-order valence-electron chi connectivity index (χ2n) is 6.14. The van der Waals surface area contributed by atoms with Crippen LogP contribution in [-0.2, 0) is 11.3 Å². The first kappa shape index (κ1) is 16.0. The lowest BCUT2D eigenvalue weighted by Gasteiger charge is -2.33. The molecule has 116 valence electrons. The highest BCUT2D eigenvalue weighted by molar-refractivity contribution is 5.76. The monoisotopic (exact) mass is 289 g/mol. The summed E-state index contributed by atoms with van der Waals surface area (Å²) < 4.78 is 0. The summed E-state index contributed by atoms with van der Waals surface area (Å²) in [6, 6.07) is 10.9. The summed E-state index contributed by atoms with van der Waals surface area (Å²) in [5.41, 5.74) is 7.03. The number of likely N-dealkylation sites (tertiary alicyclic amines) is 1. The van der Waals surface area contributed by atoms with Crippen molar-refractivity contribution in [2.75, 3.05) is 13.1 Å². The molecule has 21 heavy (non-hydrogen) atoms. The summed E-state index contributed by atoms with van der Waals surface area (Å²) in [4.78, 5) is 14.3. The van der Waals surface area contributed by atoms with Gasteiger partial charge in [-0.1, -0.05) is 30.3 Å². The average molecular weight is 289 g/mol. The van der Waals surface area contributed by atoms with Gasteiger partial charge in [0.25, 0.3) is 0 Å². The zero-order valence-corrected chi connectivity index (χ0v) is 12.9. The minimum Gasteiger partial charge on any atom is -0.352 e. The van der Waals surface area contributed by atoms with Gasteiger partial charge in [0.15, 0.2) is 0 Å². The highest BCUT2D eigenvalue weighted by Crippen LogP contribution is 2.14. The number of rotatable bonds is 6. The van der Waals surface area contributed by atoms with Crippen LogP contribution in [0.2, 0.25) is 0 Å². The van der Waals surface area contributed by atoms with Crippen molar-refractivity contribution in [1.29, 1.82) is 0 Å². The number of nitrogens with two attached hydrogens (primary N) is 1. The summed E-state index contributed by atoms with van der Waals surface area (Å²) in [6.45, 7) is 4.96. The number of nitrogens with zero attached hydrogens (tertiary/aromatic N) is 1. The van der Waals surface area contributed by atoms with Crippen molar-refractivity contribution in [2.45, 2.75) is 51.2 Å². The Hall–Kier alpha value is -1.39. The van der Waals surface area contributed by atoms with Crippen LogP contribution in [0.1, 0.15) is 38.2 Å². The van der Waals surface area contributed by atoms with Crippen LogP contribution < -0.4 is 11.1 Å². The van der Waals surface area contributed by atoms with E-state index in [1.807, 2.05) is 13.0 Å². The fourth-order valence-corrected chi connectivity index (χ4v) is 2.82. The maximum atomic E-state index is 11.9. The van der Waals surface area contributed by atoms with Crippen LogP contribution >= 0.6 is 0 Å². The SMILES string of the molecule is CC(N)CCC(=O)NC1CCCN(Cc2ccccc2)C1. The van der Waals surface area contributed by atoms with Gasteiger partial charge >= 0.3 is 0 Å². The predicted molar refractivity (Wildman–Crippen MR) is 85.8 cm³/mol. The van der Waals surface area contributed by atoms with Gasteiger partial charge in [-0.2, -0.15) is 0 Å². The summed E-state index contributed by atoms with van der Waals surface area (Å²) >= 11 is 0. The number of carbonyl (C=O) groups excluding carboxylic acids is 1. The molecule has 1 heterocycles. The Morgan fingerprint density at radius 1 is 1.43 bits per heavy atom. The number of nitrogens with one attached hydrogen (secondary N) is 1. The fraction of sp³-hybridized carbons (Fsp3) is 0.588. The van der Waals surface area contributed by atoms with Crippen molar-refractivity contribution in [3.63, 3.8) is 0 Å². The Bertz CT molecular complexity index is 433. The Labute approximate surface area is 127 Å². The molecular formula is C17H27N3O. The Morgan fingerprint density at radius 3 is 2.90 bits per heavy atom. The molecule has 1 aliphatic heterocycles. The second-order valence-corrected chi connectivity index (χ2v) is 6.14. The van der Waals surface area contributed by atoms with E-state index in [0.717, 1.165) is 38.9 Å². The molecule has 0 aromatic heterocycles. The molecule has 0 saturated carbocycles. The molecule has 3 N–H and O–H groups in total. The minimum absolute atomic E-state index is 0.0942. The van der Waals surface area contributed by atoms with E-state index < -0.39 is 0 Å². The molecule has 1 aromatic carbocycles. The van der Waals surface area contributed by atoms with Crippen LogP contribution in [0, 0.1) is 0 Å². The van der Waals surface area contributed by atoms with E-state index in [4.69, 9.17) is 5.73 Å². The standard InChI is InChI=1S/C17H27N3O/c1-14(18)9-10-17(21)19-16-8-5-11-20(13-16)12-15-6-3-2-4-7-15/h2-4,6-7,14,16H,5,8-13,18H2,1H3,(H,19,21). The average Bonchev–Trinajstić information content (AvgIpc) is 2.46. The summed E-state index contributed by atoms with van der Waals surface area (Å²) in [6.07, 6.45) is 3.51. The van der Waals surface area contributed by atoms with Crippen molar-refractivity contribution < 1.29 is 4.79 Å². The first-order valence-corrected chi connectivity index (χ1v) is 7.94. The predicted octanol–water partition coefficient (Wildman–Crippen LogP) is 1.89. The van der Waals surface area contributed by atoms with E-state index in [2.05, 4.69) is 34.5 Å². The quantitative estimate of drug-likeness (QED) is 0.841. The number of carbonyl (C=O) groups is 1. The topological polar surface area (TPSA) is 58.4 Å². The van der Waals surface area contributed by atoms with Gasteiger partial charge in [-0.15, -0.1) is 0 Å². The van der Waals surface area contributed by atoms with Gasteiger partial charge in [-0.05, 0) is 38.3 Å². The van der Waals surface area contributed by atoms with Crippen LogP contribution in [-0.4, -0.2) is 36.0 Å². The number of hydrogen-bond donors (Lipinski definition) is 2. The fourth-order valence-electron chi connectivity index (χ4n) is 2.82. The molecule has 4 heteroatoms. The van der Waals surface area contributed by atoms with E-state index >= 15 is 0 Å². The molecule has 1 saturated heterocycles. The molecule has 0 spiro atoms. The molecule has 0 aliphatic carbocycles. The van der Waals surface area contributed by atoms with Gasteiger partial charge < -0.3 is 11.1 Å². The summed E-state index contributed by atoms with van der Waals surface area (Å²) in [5, 5.41) is 3.15. The van der Waals surface area contributed by atoms with Gasteiger partial charge in [0.1, 0.15) is 0 Å². The van der Waals surface area contributed by atoms with Gasteiger partial charge in [0.2, 0.25) is 5.91 Å². The van der Waals surface area contributed by atoms with Crippen LogP contribution in [0.15, 0.2) is 30.3 Å². The molecule has 1 aliphatic rings. The zero-order valence-electron chi connectivity index (χ0n) is 12.9. The lowest BCUT2D eigenvalue weighted by Crippen LogP contribution is -2.47. The summed E-state index contributed by atoms with van der Waals surface area (Å²) in [5.74, 6) is 0.138. The molecule has 1 aromatic rings. The van der Waals surface area contributed by atoms with Crippen LogP contribution in [0.3, 0.4) is 0 Å². The zero-order chi connectivity index (χ0) is 15.1. The van der Waals surface area contributed by atoms with E-state index in [1.54, 1.807) is 0 Å². The molecule has 1 fully saturated rings. The molecule has 0 radical (unpaired) electrons. The number of amides is 1. The van der Waals surface area contributed by atoms with E-state index in [-0.39, 0.29) is 18.0 Å². The third-order valence-corrected chi connectivity index (χ3v) is 3.95. The van der Waals surface area contributed by atoms with Crippen LogP contribution in [0.25, 0.3) is 0 Å². The highest BCUT2D eigenvalue weighted by Gasteiger charge is 2.21. The minimum atomic E-state index is 0.0942. The Kier molecular flexibility index (Phi) is 6.21. The molecule has 0 bridgehead atoms. The van der Waals surface area contributed by atoms with Gasteiger partial charge in [0, 0.05) is 31.6 Å². The van der Waals surface area contributed by atoms with Crippen molar-refractivity contribution in [3.05, 3.63) is 35.9 Å². The van der Waals surface area contributed by atoms with Gasteiger partial charge in [-0.3, -0.25) is 9.69 Å². The second kappa shape index (κ2) is 8.15. The van der Waals surface area contributed by atoms with Crippen LogP contribution in [0.4, 0.5) is 0 Å². The number of hydrogen-bond acceptors (Lipinski definition) is 3. The van der Waals surface area contributed by atoms with Crippen molar-refractivity contribution in [1.82, 2.24) is 10.2 Å². The molecule has 2 unspecified atom stereocenters. The van der Waals surface area contributed by atoms with E-state index in [1.165, 1.54) is 5.56 Å². The number of piperidine rings is 1. The first-order valence-electron chi connectivity index (χ1n) is 7.94. The maximum absolute atomic E-state index is 11.9. The third kappa shape index (κ3) is 5.86. The smallest absolute Gasteiger partial charge is 0.220 e. The molecular weight excluding hydrogens is 262 g/mol. The van der Waals surface area contributed by atoms with Crippen molar-refractivity contribution in [3.8, 4) is 0 Å². The molecule has 1 amide bonds. The summed E-state index contributed by atoms with van der Waals surface area (Å²) in [7, 11) is 0. The highest BCUT2D eigenvalue weighted by atomic mass is 16.1. The largest absolute Gasteiger partial charge is 0.352 e. The van der Waals surface area contributed by atoms with E-state index in [0.29, 0.717) is 6.42 Å². The maximum Gasteiger partial charge on any atom is 0.220 e. The molecule has 2 atom stereocenters. The Balaban J connectivity index is 1.76. The Morgan fingerprint density at radius 2 is 2.19 bits per heavy atom. The van der Waals surface area contributed by atoms with Crippen molar-refractivity contribution in [2.24, 2.45) is 5.73 Å².